The Bertz CT molecular complexity index is 1050. The van der Waals surface area contributed by atoms with E-state index in [1.807, 2.05) is 32.9 Å². The lowest BCUT2D eigenvalue weighted by molar-refractivity contribution is -0.384. The molecule has 1 heterocycles. The average Bonchev–Trinajstić information content (AvgIpc) is 3.03. The SMILES string of the molecule is Cc1cc(C)c(NC(=O)CSc2nnc(-c3ccc([N+](=O)[O-])cc3)n2C)c(C)c1. The van der Waals surface area contributed by atoms with Crippen LogP contribution < -0.4 is 5.32 Å². The summed E-state index contributed by atoms with van der Waals surface area (Å²) in [5, 5.41) is 22.6. The summed E-state index contributed by atoms with van der Waals surface area (Å²) in [4.78, 5) is 22.8. The number of anilines is 1. The zero-order valence-electron chi connectivity index (χ0n) is 16.6. The van der Waals surface area contributed by atoms with E-state index in [1.54, 1.807) is 23.7 Å². The zero-order valence-corrected chi connectivity index (χ0v) is 17.4. The van der Waals surface area contributed by atoms with Crippen molar-refractivity contribution in [3.05, 3.63) is 63.2 Å². The second-order valence-electron chi connectivity index (χ2n) is 6.78. The van der Waals surface area contributed by atoms with Gasteiger partial charge in [-0.2, -0.15) is 0 Å². The van der Waals surface area contributed by atoms with E-state index >= 15 is 0 Å². The van der Waals surface area contributed by atoms with Crippen LogP contribution in [0, 0.1) is 30.9 Å². The maximum Gasteiger partial charge on any atom is 0.269 e. The number of amides is 1. The maximum absolute atomic E-state index is 12.4. The van der Waals surface area contributed by atoms with Gasteiger partial charge >= 0.3 is 0 Å². The second-order valence-corrected chi connectivity index (χ2v) is 7.72. The summed E-state index contributed by atoms with van der Waals surface area (Å²) < 4.78 is 1.77. The van der Waals surface area contributed by atoms with Crippen LogP contribution in [-0.2, 0) is 11.8 Å². The third-order valence-electron chi connectivity index (χ3n) is 4.45. The van der Waals surface area contributed by atoms with Gasteiger partial charge in [-0.3, -0.25) is 14.9 Å². The highest BCUT2D eigenvalue weighted by Gasteiger charge is 2.15. The summed E-state index contributed by atoms with van der Waals surface area (Å²) in [5.41, 5.74) is 4.78. The van der Waals surface area contributed by atoms with E-state index in [1.165, 1.54) is 23.9 Å². The predicted octanol–water partition coefficient (Wildman–Crippen LogP) is 4.05. The molecule has 3 rings (SSSR count). The lowest BCUT2D eigenvalue weighted by atomic mass is 10.1. The van der Waals surface area contributed by atoms with Crippen molar-refractivity contribution < 1.29 is 9.72 Å². The van der Waals surface area contributed by atoms with Crippen molar-refractivity contribution >= 4 is 29.0 Å². The highest BCUT2D eigenvalue weighted by atomic mass is 32.2. The van der Waals surface area contributed by atoms with Gasteiger partial charge in [0.15, 0.2) is 11.0 Å². The number of aromatic nitrogens is 3. The molecule has 0 atom stereocenters. The van der Waals surface area contributed by atoms with Gasteiger partial charge in [0.05, 0.1) is 10.7 Å². The van der Waals surface area contributed by atoms with Crippen molar-refractivity contribution in [3.63, 3.8) is 0 Å². The van der Waals surface area contributed by atoms with Crippen molar-refractivity contribution in [2.24, 2.45) is 7.05 Å². The highest BCUT2D eigenvalue weighted by Crippen LogP contribution is 2.25. The molecule has 2 aromatic carbocycles. The minimum absolute atomic E-state index is 0.0175. The number of aryl methyl sites for hydroxylation is 3. The van der Waals surface area contributed by atoms with Crippen LogP contribution in [0.2, 0.25) is 0 Å². The van der Waals surface area contributed by atoms with Gasteiger partial charge in [0, 0.05) is 30.4 Å². The number of nitro groups is 1. The van der Waals surface area contributed by atoms with Crippen molar-refractivity contribution in [3.8, 4) is 11.4 Å². The van der Waals surface area contributed by atoms with Crippen LogP contribution >= 0.6 is 11.8 Å². The number of carbonyl (C=O) groups excluding carboxylic acids is 1. The fraction of sp³-hybridized carbons (Fsp3) is 0.250. The molecule has 0 saturated heterocycles. The van der Waals surface area contributed by atoms with E-state index in [-0.39, 0.29) is 17.3 Å². The molecule has 0 fully saturated rings. The van der Waals surface area contributed by atoms with Crippen LogP contribution in [0.3, 0.4) is 0 Å². The Hall–Kier alpha value is -3.20. The van der Waals surface area contributed by atoms with Gasteiger partial charge in [-0.1, -0.05) is 29.5 Å². The first-order valence-corrected chi connectivity index (χ1v) is 9.89. The Morgan fingerprint density at radius 2 is 1.76 bits per heavy atom. The molecule has 1 aromatic heterocycles. The molecular weight excluding hydrogens is 390 g/mol. The predicted molar refractivity (Wildman–Crippen MR) is 113 cm³/mol. The molecule has 0 aliphatic rings. The molecule has 0 bridgehead atoms. The maximum atomic E-state index is 12.4. The van der Waals surface area contributed by atoms with Crippen molar-refractivity contribution in [2.75, 3.05) is 11.1 Å². The van der Waals surface area contributed by atoms with Crippen LogP contribution in [-0.4, -0.2) is 31.3 Å². The van der Waals surface area contributed by atoms with Gasteiger partial charge < -0.3 is 9.88 Å². The second kappa shape index (κ2) is 8.44. The number of nitrogens with zero attached hydrogens (tertiary/aromatic N) is 4. The van der Waals surface area contributed by atoms with Gasteiger partial charge in [0.1, 0.15) is 0 Å². The molecule has 1 N–H and O–H groups in total. The van der Waals surface area contributed by atoms with Crippen LogP contribution in [0.4, 0.5) is 11.4 Å². The Kier molecular flexibility index (Phi) is 5.97. The van der Waals surface area contributed by atoms with Gasteiger partial charge in [0.25, 0.3) is 5.69 Å². The van der Waals surface area contributed by atoms with Gasteiger partial charge in [0.2, 0.25) is 5.91 Å². The number of rotatable bonds is 6. The fourth-order valence-corrected chi connectivity index (χ4v) is 3.82. The highest BCUT2D eigenvalue weighted by molar-refractivity contribution is 7.99. The van der Waals surface area contributed by atoms with Gasteiger partial charge in [-0.15, -0.1) is 10.2 Å². The lowest BCUT2D eigenvalue weighted by Gasteiger charge is -2.12. The van der Waals surface area contributed by atoms with Crippen LogP contribution in [0.1, 0.15) is 16.7 Å². The number of nitro benzene ring substituents is 1. The molecule has 0 saturated carbocycles. The van der Waals surface area contributed by atoms with Gasteiger partial charge in [-0.25, -0.2) is 0 Å². The quantitative estimate of drug-likeness (QED) is 0.373. The molecule has 3 aromatic rings. The van der Waals surface area contributed by atoms with Crippen LogP contribution in [0.15, 0.2) is 41.6 Å². The van der Waals surface area contributed by atoms with Crippen LogP contribution in [0.5, 0.6) is 0 Å². The summed E-state index contributed by atoms with van der Waals surface area (Å²) >= 11 is 1.28. The number of non-ortho nitro benzene ring substituents is 1. The molecule has 9 heteroatoms. The lowest BCUT2D eigenvalue weighted by Crippen LogP contribution is -2.16. The third-order valence-corrected chi connectivity index (χ3v) is 5.47. The third kappa shape index (κ3) is 4.62. The molecule has 0 radical (unpaired) electrons. The Morgan fingerprint density at radius 3 is 2.34 bits per heavy atom. The van der Waals surface area contributed by atoms with Crippen molar-refractivity contribution in [1.29, 1.82) is 0 Å². The molecule has 1 amide bonds. The van der Waals surface area contributed by atoms with E-state index in [9.17, 15) is 14.9 Å². The largest absolute Gasteiger partial charge is 0.325 e. The first kappa shape index (κ1) is 20.5. The van der Waals surface area contributed by atoms with E-state index in [4.69, 9.17) is 0 Å². The summed E-state index contributed by atoms with van der Waals surface area (Å²) in [6.45, 7) is 5.97. The van der Waals surface area contributed by atoms with E-state index < -0.39 is 4.92 Å². The van der Waals surface area contributed by atoms with E-state index in [0.717, 1.165) is 22.4 Å². The number of hydrogen-bond acceptors (Lipinski definition) is 6. The zero-order chi connectivity index (χ0) is 21.1. The van der Waals surface area contributed by atoms with E-state index in [0.29, 0.717) is 16.5 Å². The first-order valence-electron chi connectivity index (χ1n) is 8.91. The average molecular weight is 411 g/mol. The first-order chi connectivity index (χ1) is 13.8. The van der Waals surface area contributed by atoms with Crippen molar-refractivity contribution in [2.45, 2.75) is 25.9 Å². The Labute approximate surface area is 172 Å². The number of benzene rings is 2. The summed E-state index contributed by atoms with van der Waals surface area (Å²) in [6.07, 6.45) is 0. The molecule has 150 valence electrons. The normalized spacial score (nSPS) is 10.8. The summed E-state index contributed by atoms with van der Waals surface area (Å²) in [7, 11) is 1.80. The number of nitrogens with one attached hydrogen (secondary N) is 1. The standard InChI is InChI=1S/C20H21N5O3S/c1-12-9-13(2)18(14(3)10-12)21-17(26)11-29-20-23-22-19(24(20)4)15-5-7-16(8-6-15)25(27)28/h5-10H,11H2,1-4H3,(H,21,26). The summed E-state index contributed by atoms with van der Waals surface area (Å²) in [6, 6.07) is 10.2. The Morgan fingerprint density at radius 1 is 1.14 bits per heavy atom. The number of hydrogen-bond donors (Lipinski definition) is 1. The molecule has 0 aliphatic carbocycles. The monoisotopic (exact) mass is 411 g/mol. The van der Waals surface area contributed by atoms with Crippen LogP contribution in [0.25, 0.3) is 11.4 Å². The fourth-order valence-electron chi connectivity index (χ4n) is 3.11. The molecule has 0 spiro atoms. The van der Waals surface area contributed by atoms with Crippen molar-refractivity contribution in [1.82, 2.24) is 14.8 Å². The molecular formula is C20H21N5O3S. The minimum atomic E-state index is -0.447. The number of carbonyl (C=O) groups is 1. The smallest absolute Gasteiger partial charge is 0.269 e. The minimum Gasteiger partial charge on any atom is -0.325 e. The van der Waals surface area contributed by atoms with E-state index in [2.05, 4.69) is 15.5 Å². The molecule has 8 nitrogen and oxygen atoms in total. The van der Waals surface area contributed by atoms with Gasteiger partial charge in [-0.05, 0) is 44.0 Å². The molecule has 0 aliphatic heterocycles. The molecule has 29 heavy (non-hydrogen) atoms. The number of thioether (sulfide) groups is 1. The molecule has 0 unspecified atom stereocenters. The summed E-state index contributed by atoms with van der Waals surface area (Å²) in [5.74, 6) is 0.650. The topological polar surface area (TPSA) is 103 Å². The Balaban J connectivity index is 1.67.